The molecule has 0 heterocycles. The molecule has 0 aliphatic heterocycles. The zero-order valence-corrected chi connectivity index (χ0v) is 14.0. The topological polar surface area (TPSA) is 73.9 Å². The van der Waals surface area contributed by atoms with Crippen molar-refractivity contribution in [2.75, 3.05) is 26.1 Å². The predicted octanol–water partition coefficient (Wildman–Crippen LogP) is 2.90. The fraction of sp³-hybridized carbons (Fsp3) is 0.158. The Morgan fingerprint density at radius 2 is 1.48 bits per heavy atom. The van der Waals surface area contributed by atoms with Crippen LogP contribution in [0, 0.1) is 0 Å². The van der Waals surface area contributed by atoms with Crippen molar-refractivity contribution in [3.8, 4) is 11.5 Å². The smallest absolute Gasteiger partial charge is 0.331 e. The third-order valence-corrected chi connectivity index (χ3v) is 3.25. The van der Waals surface area contributed by atoms with Crippen molar-refractivity contribution in [3.63, 3.8) is 0 Å². The van der Waals surface area contributed by atoms with Crippen molar-refractivity contribution in [1.82, 2.24) is 0 Å². The van der Waals surface area contributed by atoms with Crippen molar-refractivity contribution in [1.29, 1.82) is 0 Å². The number of carbonyl (C=O) groups excluding carboxylic acids is 2. The molecule has 2 rings (SSSR count). The van der Waals surface area contributed by atoms with E-state index in [1.165, 1.54) is 6.08 Å². The fourth-order valence-electron chi connectivity index (χ4n) is 1.94. The van der Waals surface area contributed by atoms with E-state index in [-0.39, 0.29) is 6.61 Å². The molecule has 0 saturated carbocycles. The molecule has 0 spiro atoms. The SMILES string of the molecule is COc1ccc(C=CC(=O)OCC(=O)Nc2ccc(OC)cc2)cc1. The van der Waals surface area contributed by atoms with E-state index in [1.807, 2.05) is 0 Å². The summed E-state index contributed by atoms with van der Waals surface area (Å²) in [5.41, 5.74) is 1.41. The zero-order valence-electron chi connectivity index (χ0n) is 14.0. The first kappa shape index (κ1) is 18.1. The second-order valence-electron chi connectivity index (χ2n) is 4.99. The van der Waals surface area contributed by atoms with Crippen LogP contribution in [-0.4, -0.2) is 32.7 Å². The maximum Gasteiger partial charge on any atom is 0.331 e. The summed E-state index contributed by atoms with van der Waals surface area (Å²) in [6.07, 6.45) is 2.87. The third-order valence-electron chi connectivity index (χ3n) is 3.25. The lowest BCUT2D eigenvalue weighted by atomic mass is 10.2. The van der Waals surface area contributed by atoms with Crippen LogP contribution in [0.25, 0.3) is 6.08 Å². The van der Waals surface area contributed by atoms with Gasteiger partial charge in [0, 0.05) is 11.8 Å². The van der Waals surface area contributed by atoms with Crippen molar-refractivity contribution in [2.45, 2.75) is 0 Å². The van der Waals surface area contributed by atoms with E-state index in [9.17, 15) is 9.59 Å². The highest BCUT2D eigenvalue weighted by Gasteiger charge is 2.06. The number of hydrogen-bond donors (Lipinski definition) is 1. The van der Waals surface area contributed by atoms with Gasteiger partial charge in [-0.25, -0.2) is 4.79 Å². The number of amides is 1. The number of anilines is 1. The molecule has 0 bridgehead atoms. The molecule has 2 aromatic rings. The first-order valence-corrected chi connectivity index (χ1v) is 7.53. The molecular weight excluding hydrogens is 322 g/mol. The molecule has 130 valence electrons. The molecule has 0 unspecified atom stereocenters. The van der Waals surface area contributed by atoms with Gasteiger partial charge < -0.3 is 19.5 Å². The standard InChI is InChI=1S/C19H19NO5/c1-23-16-8-3-14(4-9-16)5-12-19(22)25-13-18(21)20-15-6-10-17(24-2)11-7-15/h3-12H,13H2,1-2H3,(H,20,21). The molecule has 0 radical (unpaired) electrons. The molecule has 0 aliphatic carbocycles. The van der Waals surface area contributed by atoms with Crippen LogP contribution in [0.2, 0.25) is 0 Å². The predicted molar refractivity (Wildman–Crippen MR) is 94.6 cm³/mol. The summed E-state index contributed by atoms with van der Waals surface area (Å²) in [4.78, 5) is 23.4. The fourth-order valence-corrected chi connectivity index (χ4v) is 1.94. The van der Waals surface area contributed by atoms with Gasteiger partial charge in [0.1, 0.15) is 11.5 Å². The quantitative estimate of drug-likeness (QED) is 0.619. The van der Waals surface area contributed by atoms with Crippen molar-refractivity contribution in [3.05, 3.63) is 60.2 Å². The Morgan fingerprint density at radius 1 is 0.920 bits per heavy atom. The molecule has 1 N–H and O–H groups in total. The van der Waals surface area contributed by atoms with Crippen molar-refractivity contribution >= 4 is 23.6 Å². The lowest BCUT2D eigenvalue weighted by molar-refractivity contribution is -0.142. The van der Waals surface area contributed by atoms with Crippen LogP contribution in [0.5, 0.6) is 11.5 Å². The highest BCUT2D eigenvalue weighted by Crippen LogP contribution is 2.15. The maximum atomic E-state index is 11.8. The normalized spacial score (nSPS) is 10.3. The second-order valence-corrected chi connectivity index (χ2v) is 4.99. The van der Waals surface area contributed by atoms with Gasteiger partial charge in [-0.15, -0.1) is 0 Å². The Morgan fingerprint density at radius 3 is 2.04 bits per heavy atom. The number of carbonyl (C=O) groups is 2. The lowest BCUT2D eigenvalue weighted by Gasteiger charge is -2.06. The molecule has 2 aromatic carbocycles. The number of ether oxygens (including phenoxy) is 3. The number of methoxy groups -OCH3 is 2. The molecule has 0 fully saturated rings. The first-order chi connectivity index (χ1) is 12.1. The Labute approximate surface area is 146 Å². The van der Waals surface area contributed by atoms with Gasteiger partial charge in [-0.2, -0.15) is 0 Å². The second kappa shape index (κ2) is 9.12. The van der Waals surface area contributed by atoms with Crippen LogP contribution in [0.15, 0.2) is 54.6 Å². The maximum absolute atomic E-state index is 11.8. The average molecular weight is 341 g/mol. The minimum Gasteiger partial charge on any atom is -0.497 e. The monoisotopic (exact) mass is 341 g/mol. The van der Waals surface area contributed by atoms with Gasteiger partial charge in [0.05, 0.1) is 14.2 Å². The number of benzene rings is 2. The molecule has 0 atom stereocenters. The Bertz CT molecular complexity index is 735. The summed E-state index contributed by atoms with van der Waals surface area (Å²) in [5.74, 6) is 0.403. The molecule has 1 amide bonds. The van der Waals surface area contributed by atoms with Gasteiger partial charge in [-0.1, -0.05) is 12.1 Å². The van der Waals surface area contributed by atoms with E-state index in [0.29, 0.717) is 11.4 Å². The van der Waals surface area contributed by atoms with Gasteiger partial charge in [-0.3, -0.25) is 4.79 Å². The number of hydrogen-bond acceptors (Lipinski definition) is 5. The summed E-state index contributed by atoms with van der Waals surface area (Å²) in [6.45, 7) is -0.363. The molecule has 25 heavy (non-hydrogen) atoms. The largest absolute Gasteiger partial charge is 0.497 e. The summed E-state index contributed by atoms with van der Waals surface area (Å²) in [5, 5.41) is 2.63. The van der Waals surface area contributed by atoms with Crippen LogP contribution >= 0.6 is 0 Å². The number of esters is 1. The zero-order chi connectivity index (χ0) is 18.1. The lowest BCUT2D eigenvalue weighted by Crippen LogP contribution is -2.20. The minimum atomic E-state index is -0.597. The summed E-state index contributed by atoms with van der Waals surface area (Å²) in [6, 6.07) is 14.0. The summed E-state index contributed by atoms with van der Waals surface area (Å²) >= 11 is 0. The van der Waals surface area contributed by atoms with E-state index < -0.39 is 11.9 Å². The first-order valence-electron chi connectivity index (χ1n) is 7.53. The summed E-state index contributed by atoms with van der Waals surface area (Å²) in [7, 11) is 3.14. The van der Waals surface area contributed by atoms with Crippen LogP contribution in [0.1, 0.15) is 5.56 Å². The number of nitrogens with one attached hydrogen (secondary N) is 1. The number of rotatable bonds is 7. The minimum absolute atomic E-state index is 0.363. The highest BCUT2D eigenvalue weighted by atomic mass is 16.5. The van der Waals surface area contributed by atoms with Gasteiger partial charge in [0.15, 0.2) is 6.61 Å². The average Bonchev–Trinajstić information content (AvgIpc) is 2.65. The van der Waals surface area contributed by atoms with Gasteiger partial charge in [-0.05, 0) is 48.0 Å². The molecule has 0 saturated heterocycles. The third kappa shape index (κ3) is 6.02. The molecule has 6 heteroatoms. The molecule has 6 nitrogen and oxygen atoms in total. The van der Waals surface area contributed by atoms with E-state index in [2.05, 4.69) is 5.32 Å². The van der Waals surface area contributed by atoms with Crippen molar-refractivity contribution < 1.29 is 23.8 Å². The van der Waals surface area contributed by atoms with Crippen LogP contribution < -0.4 is 14.8 Å². The van der Waals surface area contributed by atoms with E-state index in [1.54, 1.807) is 68.8 Å². The van der Waals surface area contributed by atoms with Crippen LogP contribution in [0.4, 0.5) is 5.69 Å². The van der Waals surface area contributed by atoms with Gasteiger partial charge >= 0.3 is 5.97 Å². The molecular formula is C19H19NO5. The highest BCUT2D eigenvalue weighted by molar-refractivity contribution is 5.94. The van der Waals surface area contributed by atoms with Crippen LogP contribution in [-0.2, 0) is 14.3 Å². The Kier molecular flexibility index (Phi) is 6.59. The van der Waals surface area contributed by atoms with E-state index in [0.717, 1.165) is 11.3 Å². The summed E-state index contributed by atoms with van der Waals surface area (Å²) < 4.78 is 15.0. The molecule has 0 aliphatic rings. The van der Waals surface area contributed by atoms with Gasteiger partial charge in [0.2, 0.25) is 0 Å². The van der Waals surface area contributed by atoms with E-state index in [4.69, 9.17) is 14.2 Å². The van der Waals surface area contributed by atoms with E-state index >= 15 is 0 Å². The Hall–Kier alpha value is -3.28. The van der Waals surface area contributed by atoms with Crippen LogP contribution in [0.3, 0.4) is 0 Å². The molecule has 0 aromatic heterocycles. The Balaban J connectivity index is 1.77. The van der Waals surface area contributed by atoms with Gasteiger partial charge in [0.25, 0.3) is 5.91 Å². The van der Waals surface area contributed by atoms with Crippen molar-refractivity contribution in [2.24, 2.45) is 0 Å².